The lowest BCUT2D eigenvalue weighted by atomic mass is 10.00. The number of fused-ring (bicyclic) bond motifs is 2. The molecule has 0 aliphatic heterocycles. The Hall–Kier alpha value is -2.89. The Bertz CT molecular complexity index is 1120. The van der Waals surface area contributed by atoms with E-state index in [0.717, 1.165) is 53.3 Å². The summed E-state index contributed by atoms with van der Waals surface area (Å²) in [5, 5.41) is 9.50. The van der Waals surface area contributed by atoms with Gasteiger partial charge >= 0.3 is 0 Å². The van der Waals surface area contributed by atoms with Gasteiger partial charge in [-0.2, -0.15) is 0 Å². The minimum absolute atomic E-state index is 0.0854. The molecule has 2 N–H and O–H groups in total. The topological polar surface area (TPSA) is 71.5 Å². The molecule has 1 fully saturated rings. The smallest absolute Gasteiger partial charge is 0.246 e. The fourth-order valence-corrected chi connectivity index (χ4v) is 4.70. The number of hydrogen-bond acceptors (Lipinski definition) is 4. The second-order valence-electron chi connectivity index (χ2n) is 8.32. The van der Waals surface area contributed by atoms with Gasteiger partial charge in [0.25, 0.3) is 0 Å². The number of nitrogens with one attached hydrogen (secondary N) is 1. The van der Waals surface area contributed by atoms with E-state index >= 15 is 0 Å². The Morgan fingerprint density at radius 1 is 1.13 bits per heavy atom. The highest BCUT2D eigenvalue weighted by Crippen LogP contribution is 2.41. The Labute approximate surface area is 186 Å². The number of halogens is 1. The standard InChI is InChI=1S/C25H23ClN2O3/c26-19-7-10-21-17(13-19)6-5-16-2-1-11-27-23(16)24(21)31-20-8-3-15(4-9-20)12-18-14-22(18)25(29)28-30/h1-4,7-11,13,18,22,24,30H,5-6,12,14H2,(H,28,29)/t18-,22+,24?/m1/s1. The molecule has 1 unspecified atom stereocenters. The van der Waals surface area contributed by atoms with E-state index in [4.69, 9.17) is 21.5 Å². The van der Waals surface area contributed by atoms with Crippen molar-refractivity contribution < 1.29 is 14.7 Å². The summed E-state index contributed by atoms with van der Waals surface area (Å²) < 4.78 is 6.48. The van der Waals surface area contributed by atoms with Crippen molar-refractivity contribution >= 4 is 17.5 Å². The monoisotopic (exact) mass is 434 g/mol. The van der Waals surface area contributed by atoms with Crippen molar-refractivity contribution in [3.05, 3.63) is 93.8 Å². The van der Waals surface area contributed by atoms with Crippen LogP contribution in [0.5, 0.6) is 5.75 Å². The van der Waals surface area contributed by atoms with Crippen LogP contribution in [0.25, 0.3) is 0 Å². The molecule has 2 aliphatic rings. The van der Waals surface area contributed by atoms with Crippen LogP contribution in [-0.4, -0.2) is 16.1 Å². The van der Waals surface area contributed by atoms with E-state index in [1.165, 1.54) is 11.1 Å². The van der Waals surface area contributed by atoms with Gasteiger partial charge in [-0.3, -0.25) is 15.0 Å². The predicted octanol–water partition coefficient (Wildman–Crippen LogP) is 4.69. The summed E-state index contributed by atoms with van der Waals surface area (Å²) in [5.41, 5.74) is 7.33. The molecule has 5 rings (SSSR count). The highest BCUT2D eigenvalue weighted by atomic mass is 35.5. The summed E-state index contributed by atoms with van der Waals surface area (Å²) in [6, 6.07) is 18.1. The molecule has 1 saturated carbocycles. The number of carbonyl (C=O) groups excluding carboxylic acids is 1. The van der Waals surface area contributed by atoms with Crippen LogP contribution >= 0.6 is 11.6 Å². The number of hydroxylamine groups is 1. The first kappa shape index (κ1) is 20.0. The summed E-state index contributed by atoms with van der Waals surface area (Å²) in [6.45, 7) is 0. The van der Waals surface area contributed by atoms with Crippen LogP contribution < -0.4 is 10.2 Å². The minimum atomic E-state index is -0.294. The Morgan fingerprint density at radius 3 is 2.74 bits per heavy atom. The van der Waals surface area contributed by atoms with Crippen LogP contribution in [0.1, 0.15) is 40.5 Å². The molecule has 0 bridgehead atoms. The lowest BCUT2D eigenvalue weighted by Gasteiger charge is -2.21. The summed E-state index contributed by atoms with van der Waals surface area (Å²) >= 11 is 6.26. The van der Waals surface area contributed by atoms with Gasteiger partial charge in [0, 0.05) is 22.7 Å². The van der Waals surface area contributed by atoms with E-state index in [1.807, 2.05) is 54.7 Å². The summed E-state index contributed by atoms with van der Waals surface area (Å²) in [6.07, 6.45) is 4.95. The van der Waals surface area contributed by atoms with E-state index < -0.39 is 0 Å². The lowest BCUT2D eigenvalue weighted by molar-refractivity contribution is -0.130. The van der Waals surface area contributed by atoms with Crippen LogP contribution in [0.2, 0.25) is 5.02 Å². The lowest BCUT2D eigenvalue weighted by Crippen LogP contribution is -2.21. The molecule has 3 aromatic rings. The number of pyridine rings is 1. The normalized spacial score (nSPS) is 21.4. The summed E-state index contributed by atoms with van der Waals surface area (Å²) in [5.74, 6) is 0.683. The molecule has 5 nitrogen and oxygen atoms in total. The molecule has 2 aromatic carbocycles. The van der Waals surface area contributed by atoms with Gasteiger partial charge in [-0.25, -0.2) is 5.48 Å². The average Bonchev–Trinajstić information content (AvgIpc) is 3.58. The third-order valence-corrected chi connectivity index (χ3v) is 6.51. The van der Waals surface area contributed by atoms with E-state index in [2.05, 4.69) is 11.1 Å². The maximum absolute atomic E-state index is 11.5. The molecule has 1 heterocycles. The number of benzene rings is 2. The largest absolute Gasteiger partial charge is 0.479 e. The van der Waals surface area contributed by atoms with Gasteiger partial charge in [0.2, 0.25) is 5.91 Å². The third kappa shape index (κ3) is 4.16. The van der Waals surface area contributed by atoms with Crippen molar-refractivity contribution in [2.75, 3.05) is 0 Å². The van der Waals surface area contributed by atoms with Gasteiger partial charge in [0.1, 0.15) is 5.75 Å². The molecule has 0 spiro atoms. The first-order valence-electron chi connectivity index (χ1n) is 10.5. The predicted molar refractivity (Wildman–Crippen MR) is 117 cm³/mol. The van der Waals surface area contributed by atoms with Gasteiger partial charge in [0.15, 0.2) is 6.10 Å². The molecule has 1 aromatic heterocycles. The molecule has 2 aliphatic carbocycles. The molecular formula is C25H23ClN2O3. The molecule has 0 saturated heterocycles. The first-order valence-corrected chi connectivity index (χ1v) is 10.9. The maximum atomic E-state index is 11.5. The highest BCUT2D eigenvalue weighted by molar-refractivity contribution is 6.30. The molecule has 1 amide bonds. The van der Waals surface area contributed by atoms with Crippen LogP contribution in [0.3, 0.4) is 0 Å². The quantitative estimate of drug-likeness (QED) is 0.451. The fraction of sp³-hybridized carbons (Fsp3) is 0.280. The van der Waals surface area contributed by atoms with Gasteiger partial charge in [-0.15, -0.1) is 0 Å². The van der Waals surface area contributed by atoms with Gasteiger partial charge in [-0.1, -0.05) is 35.9 Å². The Morgan fingerprint density at radius 2 is 1.94 bits per heavy atom. The molecule has 6 heteroatoms. The van der Waals surface area contributed by atoms with Gasteiger partial charge in [0.05, 0.1) is 5.69 Å². The molecule has 158 valence electrons. The number of rotatable bonds is 5. The van der Waals surface area contributed by atoms with Crippen molar-refractivity contribution in [2.24, 2.45) is 11.8 Å². The molecular weight excluding hydrogens is 412 g/mol. The number of aryl methyl sites for hydroxylation is 2. The van der Waals surface area contributed by atoms with Crippen LogP contribution in [-0.2, 0) is 24.1 Å². The first-order chi connectivity index (χ1) is 15.1. The van der Waals surface area contributed by atoms with E-state index in [-0.39, 0.29) is 23.8 Å². The van der Waals surface area contributed by atoms with E-state index in [0.29, 0.717) is 0 Å². The number of carbonyl (C=O) groups is 1. The second kappa shape index (κ2) is 8.33. The second-order valence-corrected chi connectivity index (χ2v) is 8.75. The zero-order valence-electron chi connectivity index (χ0n) is 16.9. The maximum Gasteiger partial charge on any atom is 0.246 e. The van der Waals surface area contributed by atoms with Crippen molar-refractivity contribution in [1.82, 2.24) is 10.5 Å². The SMILES string of the molecule is O=C(NO)[C@H]1C[C@H]1Cc1ccc(OC2c3ccc(Cl)cc3CCc3cccnc32)cc1. The number of aromatic nitrogens is 1. The van der Waals surface area contributed by atoms with Crippen molar-refractivity contribution in [2.45, 2.75) is 31.8 Å². The number of amides is 1. The number of ether oxygens (including phenoxy) is 1. The molecule has 3 atom stereocenters. The van der Waals surface area contributed by atoms with Crippen LogP contribution in [0, 0.1) is 11.8 Å². The van der Waals surface area contributed by atoms with E-state index in [1.54, 1.807) is 5.48 Å². The molecule has 0 radical (unpaired) electrons. The van der Waals surface area contributed by atoms with Gasteiger partial charge in [-0.05, 0) is 78.6 Å². The van der Waals surface area contributed by atoms with Crippen molar-refractivity contribution in [3.8, 4) is 5.75 Å². The van der Waals surface area contributed by atoms with Gasteiger partial charge < -0.3 is 4.74 Å². The Kier molecular flexibility index (Phi) is 5.38. The zero-order valence-corrected chi connectivity index (χ0v) is 17.7. The highest BCUT2D eigenvalue weighted by Gasteiger charge is 2.42. The van der Waals surface area contributed by atoms with Crippen LogP contribution in [0.15, 0.2) is 60.8 Å². The summed E-state index contributed by atoms with van der Waals surface area (Å²) in [7, 11) is 0. The van der Waals surface area contributed by atoms with Crippen LogP contribution in [0.4, 0.5) is 0 Å². The van der Waals surface area contributed by atoms with E-state index in [9.17, 15) is 4.79 Å². The van der Waals surface area contributed by atoms with Crippen molar-refractivity contribution in [1.29, 1.82) is 0 Å². The fourth-order valence-electron chi connectivity index (χ4n) is 4.50. The minimum Gasteiger partial charge on any atom is -0.479 e. The zero-order chi connectivity index (χ0) is 21.4. The summed E-state index contributed by atoms with van der Waals surface area (Å²) in [4.78, 5) is 16.2. The number of hydrogen-bond donors (Lipinski definition) is 2. The third-order valence-electron chi connectivity index (χ3n) is 6.27. The number of nitrogens with zero attached hydrogens (tertiary/aromatic N) is 1. The van der Waals surface area contributed by atoms with Crippen molar-refractivity contribution in [3.63, 3.8) is 0 Å². The molecule has 31 heavy (non-hydrogen) atoms. The average molecular weight is 435 g/mol. The Balaban J connectivity index is 1.38.